The van der Waals surface area contributed by atoms with Crippen molar-refractivity contribution in [2.45, 2.75) is 91.6 Å². The van der Waals surface area contributed by atoms with Crippen LogP contribution in [0.1, 0.15) is 71.3 Å². The lowest BCUT2D eigenvalue weighted by molar-refractivity contribution is -0.119. The molecular formula is C39H63F2N7O3. The summed E-state index contributed by atoms with van der Waals surface area (Å²) in [6.07, 6.45) is 20.7. The number of carbonyl (C=O) groups is 2. The number of hydrogen-bond donors (Lipinski definition) is 2. The lowest BCUT2D eigenvalue weighted by atomic mass is 9.94. The summed E-state index contributed by atoms with van der Waals surface area (Å²) in [6, 6.07) is 4.14. The van der Waals surface area contributed by atoms with E-state index in [1.165, 1.54) is 20.0 Å². The van der Waals surface area contributed by atoms with E-state index in [-0.39, 0.29) is 5.92 Å². The van der Waals surface area contributed by atoms with Gasteiger partial charge in [0.15, 0.2) is 5.82 Å². The number of amides is 2. The number of likely N-dealkylation sites (tertiary alicyclic amines) is 1. The SMILES string of the molecule is C/C=C\CC.C=CC.CN.CN(c1cccnc1NC=O)C1CCN(C=O)CC1.COCc1cn2c(n1)CCCC(/C(=C/C=C\C(C)F)CF)C2. The summed E-state index contributed by atoms with van der Waals surface area (Å²) >= 11 is 0. The number of nitrogens with two attached hydrogens (primary N) is 1. The average Bonchev–Trinajstić information content (AvgIpc) is 3.41. The molecule has 2 amide bonds. The predicted octanol–water partition coefficient (Wildman–Crippen LogP) is 7.24. The molecule has 0 aromatic carbocycles. The molecule has 0 bridgehead atoms. The quantitative estimate of drug-likeness (QED) is 0.135. The number of alkyl halides is 2. The minimum Gasteiger partial charge on any atom is -0.378 e. The van der Waals surface area contributed by atoms with Gasteiger partial charge in [-0.15, -0.1) is 6.58 Å². The molecule has 4 heterocycles. The van der Waals surface area contributed by atoms with Crippen LogP contribution in [0.3, 0.4) is 0 Å². The van der Waals surface area contributed by atoms with Crippen molar-refractivity contribution in [2.24, 2.45) is 11.7 Å². The van der Waals surface area contributed by atoms with E-state index < -0.39 is 12.8 Å². The van der Waals surface area contributed by atoms with Crippen LogP contribution in [0.2, 0.25) is 0 Å². The molecule has 0 radical (unpaired) electrons. The number of piperidine rings is 1. The van der Waals surface area contributed by atoms with Crippen LogP contribution < -0.4 is 16.0 Å². The molecule has 0 aliphatic carbocycles. The van der Waals surface area contributed by atoms with E-state index in [0.29, 0.717) is 24.9 Å². The number of fused-ring (bicyclic) bond motifs is 1. The zero-order valence-electron chi connectivity index (χ0n) is 31.9. The van der Waals surface area contributed by atoms with Crippen LogP contribution in [0.25, 0.3) is 0 Å². The highest BCUT2D eigenvalue weighted by molar-refractivity contribution is 5.78. The lowest BCUT2D eigenvalue weighted by Gasteiger charge is -2.36. The summed E-state index contributed by atoms with van der Waals surface area (Å²) in [4.78, 5) is 33.9. The Morgan fingerprint density at radius 2 is 1.92 bits per heavy atom. The first kappa shape index (κ1) is 46.8. The Morgan fingerprint density at radius 1 is 1.24 bits per heavy atom. The Balaban J connectivity index is 0.000000784. The van der Waals surface area contributed by atoms with Crippen molar-refractivity contribution in [1.82, 2.24) is 19.4 Å². The van der Waals surface area contributed by atoms with Gasteiger partial charge in [0.2, 0.25) is 12.8 Å². The van der Waals surface area contributed by atoms with Crippen LogP contribution in [0.5, 0.6) is 0 Å². The fraction of sp³-hybridized carbons (Fsp3) is 0.538. The molecule has 0 saturated carbocycles. The summed E-state index contributed by atoms with van der Waals surface area (Å²) in [6.45, 7) is 13.1. The van der Waals surface area contributed by atoms with Crippen LogP contribution in [0.15, 0.2) is 73.1 Å². The number of nitrogens with one attached hydrogen (secondary N) is 1. The van der Waals surface area contributed by atoms with E-state index >= 15 is 0 Å². The van der Waals surface area contributed by atoms with Crippen molar-refractivity contribution in [3.05, 3.63) is 84.7 Å². The number of pyridine rings is 1. The predicted molar refractivity (Wildman–Crippen MR) is 207 cm³/mol. The van der Waals surface area contributed by atoms with E-state index in [1.807, 2.05) is 39.2 Å². The van der Waals surface area contributed by atoms with Crippen molar-refractivity contribution in [3.8, 4) is 0 Å². The Bertz CT molecular complexity index is 1310. The molecule has 10 nitrogen and oxygen atoms in total. The molecule has 1 fully saturated rings. The van der Waals surface area contributed by atoms with Gasteiger partial charge in [-0.05, 0) is 77.6 Å². The van der Waals surface area contributed by atoms with Gasteiger partial charge < -0.3 is 30.2 Å². The molecule has 2 aromatic rings. The van der Waals surface area contributed by atoms with E-state index in [0.717, 1.165) is 87.3 Å². The summed E-state index contributed by atoms with van der Waals surface area (Å²) in [5.74, 6) is 1.74. The van der Waals surface area contributed by atoms with E-state index in [4.69, 9.17) is 4.74 Å². The highest BCUT2D eigenvalue weighted by atomic mass is 19.1. The number of nitrogens with zero attached hydrogens (tertiary/aromatic N) is 5. The molecule has 286 valence electrons. The van der Waals surface area contributed by atoms with Gasteiger partial charge in [-0.25, -0.2) is 18.7 Å². The second-order valence-electron chi connectivity index (χ2n) is 11.8. The van der Waals surface area contributed by atoms with Gasteiger partial charge in [-0.1, -0.05) is 43.4 Å². The molecule has 2 aromatic heterocycles. The minimum atomic E-state index is -1.01. The number of carbonyl (C=O) groups excluding carboxylic acids is 2. The Labute approximate surface area is 305 Å². The normalized spacial score (nSPS) is 16.3. The molecule has 2 aliphatic heterocycles. The third kappa shape index (κ3) is 18.6. The number of halogens is 2. The number of methoxy groups -OCH3 is 1. The number of aromatic nitrogens is 3. The first-order valence-corrected chi connectivity index (χ1v) is 17.7. The van der Waals surface area contributed by atoms with Gasteiger partial charge in [0.1, 0.15) is 18.7 Å². The third-order valence-electron chi connectivity index (χ3n) is 7.97. The molecule has 3 N–H and O–H groups in total. The molecule has 1 saturated heterocycles. The fourth-order valence-corrected chi connectivity index (χ4v) is 5.51. The summed E-state index contributed by atoms with van der Waals surface area (Å²) in [5, 5.41) is 2.62. The van der Waals surface area contributed by atoms with Gasteiger partial charge in [0.25, 0.3) is 0 Å². The van der Waals surface area contributed by atoms with Crippen LogP contribution in [-0.2, 0) is 33.9 Å². The van der Waals surface area contributed by atoms with Crippen LogP contribution in [-0.4, -0.2) is 85.4 Å². The van der Waals surface area contributed by atoms with Crippen molar-refractivity contribution >= 4 is 24.3 Å². The monoisotopic (exact) mass is 715 g/mol. The first-order chi connectivity index (χ1) is 24.7. The maximum atomic E-state index is 13.4. The molecule has 4 rings (SSSR count). The summed E-state index contributed by atoms with van der Waals surface area (Å²) in [7, 11) is 5.14. The molecule has 2 unspecified atom stereocenters. The molecule has 2 atom stereocenters. The number of hydrogen-bond acceptors (Lipinski definition) is 7. The Hall–Kier alpha value is -4.16. The number of rotatable bonds is 12. The fourth-order valence-electron chi connectivity index (χ4n) is 5.51. The van der Waals surface area contributed by atoms with Crippen molar-refractivity contribution < 1.29 is 23.1 Å². The maximum Gasteiger partial charge on any atom is 0.212 e. The van der Waals surface area contributed by atoms with Gasteiger partial charge in [0, 0.05) is 64.6 Å². The molecule has 51 heavy (non-hydrogen) atoms. The second-order valence-corrected chi connectivity index (χ2v) is 11.8. The number of allylic oxidation sites excluding steroid dienone is 7. The minimum absolute atomic E-state index is 0.135. The van der Waals surface area contributed by atoms with Crippen LogP contribution in [0, 0.1) is 5.92 Å². The zero-order valence-corrected chi connectivity index (χ0v) is 31.9. The zero-order chi connectivity index (χ0) is 38.4. The van der Waals surface area contributed by atoms with E-state index in [1.54, 1.807) is 36.4 Å². The number of imidazole rings is 1. The second kappa shape index (κ2) is 29.6. The van der Waals surface area contributed by atoms with E-state index in [9.17, 15) is 18.4 Å². The van der Waals surface area contributed by atoms with Gasteiger partial charge in [0.05, 0.1) is 18.0 Å². The van der Waals surface area contributed by atoms with Crippen molar-refractivity contribution in [2.75, 3.05) is 51.2 Å². The van der Waals surface area contributed by atoms with E-state index in [2.05, 4.69) is 56.1 Å². The van der Waals surface area contributed by atoms with Crippen molar-refractivity contribution in [1.29, 1.82) is 0 Å². The van der Waals surface area contributed by atoms with Gasteiger partial charge >= 0.3 is 0 Å². The topological polar surface area (TPSA) is 119 Å². The smallest absolute Gasteiger partial charge is 0.212 e. The molecule has 2 aliphatic rings. The van der Waals surface area contributed by atoms with Crippen molar-refractivity contribution in [3.63, 3.8) is 0 Å². The summed E-state index contributed by atoms with van der Waals surface area (Å²) in [5.41, 5.74) is 7.04. The Kier molecular flexibility index (Phi) is 27.1. The Morgan fingerprint density at radius 3 is 2.45 bits per heavy atom. The largest absolute Gasteiger partial charge is 0.378 e. The summed E-state index contributed by atoms with van der Waals surface area (Å²) < 4.78 is 33.4. The van der Waals surface area contributed by atoms with Crippen LogP contribution in [0.4, 0.5) is 20.3 Å². The third-order valence-corrected chi connectivity index (χ3v) is 7.97. The first-order valence-electron chi connectivity index (χ1n) is 17.7. The maximum absolute atomic E-state index is 13.4. The number of ether oxygens (including phenoxy) is 1. The average molecular weight is 716 g/mol. The molecular weight excluding hydrogens is 652 g/mol. The van der Waals surface area contributed by atoms with Gasteiger partial charge in [-0.2, -0.15) is 0 Å². The highest BCUT2D eigenvalue weighted by Gasteiger charge is 2.24. The van der Waals surface area contributed by atoms with Gasteiger partial charge in [-0.3, -0.25) is 9.59 Å². The molecule has 12 heteroatoms. The molecule has 0 spiro atoms. The standard InChI is InChI=1S/C17H24F2N2O.C13H18N4O2.C5H10.C3H6.CH5N/c1-13(19)5-3-6-14(9-18)15-7-4-8-17-20-16(12-22-2)11-21(17)10-15;1-16(11-4-7-17(10-19)8-5-11)12-3-2-6-14-13(12)15-9-18;1-3-5-4-2;1-3-2;1-2/h3,5-6,11,13,15H,4,7-10,12H2,1-2H3;2-3,6,9-11H,4-5,7-8H2,1H3,(H,14,15,18);3,5H,4H2,1-2H3;3H,1H2,2H3;2H2,1H3/b5-3-,14-6+;;5-3-;;. The van der Waals surface area contributed by atoms with Crippen LogP contribution >= 0.6 is 0 Å². The highest BCUT2D eigenvalue weighted by Crippen LogP contribution is 2.28. The number of aryl methyl sites for hydroxylation is 1. The number of anilines is 2. The lowest BCUT2D eigenvalue weighted by Crippen LogP contribution is -2.43.